The summed E-state index contributed by atoms with van der Waals surface area (Å²) in [6.45, 7) is 0. The molecule has 29 heavy (non-hydrogen) atoms. The number of hydrogen-bond acceptors (Lipinski definition) is 2. The van der Waals surface area contributed by atoms with Crippen molar-refractivity contribution in [2.24, 2.45) is 0 Å². The zero-order chi connectivity index (χ0) is 20.5. The Labute approximate surface area is 165 Å². The summed E-state index contributed by atoms with van der Waals surface area (Å²) in [7, 11) is 0. The fraction of sp³-hybridized carbons (Fsp3) is 0.130. The number of rotatable bonds is 5. The number of carboxylic acid groups (broad SMARTS) is 1. The van der Waals surface area contributed by atoms with Crippen molar-refractivity contribution in [3.63, 3.8) is 0 Å². The van der Waals surface area contributed by atoms with Gasteiger partial charge >= 0.3 is 5.97 Å². The summed E-state index contributed by atoms with van der Waals surface area (Å²) in [6.07, 6.45) is -0.585. The summed E-state index contributed by atoms with van der Waals surface area (Å²) in [4.78, 5) is 24.6. The van der Waals surface area contributed by atoms with Crippen LogP contribution in [0.3, 0.4) is 0 Å². The molecule has 0 saturated heterocycles. The quantitative estimate of drug-likeness (QED) is 0.691. The van der Waals surface area contributed by atoms with Crippen LogP contribution in [-0.4, -0.2) is 23.0 Å². The maximum absolute atomic E-state index is 13.9. The number of amides is 1. The molecule has 2 N–H and O–H groups in total. The molecule has 1 atom stereocenters. The van der Waals surface area contributed by atoms with Gasteiger partial charge in [-0.1, -0.05) is 54.6 Å². The number of benzene rings is 3. The maximum atomic E-state index is 13.9. The molecule has 1 amide bonds. The van der Waals surface area contributed by atoms with Gasteiger partial charge in [-0.05, 0) is 34.4 Å². The molecule has 0 fully saturated rings. The van der Waals surface area contributed by atoms with Crippen LogP contribution in [0.4, 0.5) is 8.78 Å². The van der Waals surface area contributed by atoms with Gasteiger partial charge in [-0.15, -0.1) is 0 Å². The molecule has 6 heteroatoms. The molecular formula is C23H17F2NO3. The maximum Gasteiger partial charge on any atom is 0.327 e. The fourth-order valence-electron chi connectivity index (χ4n) is 3.93. The molecule has 146 valence electrons. The first-order valence-electron chi connectivity index (χ1n) is 9.10. The van der Waals surface area contributed by atoms with Crippen LogP contribution in [0.2, 0.25) is 0 Å². The van der Waals surface area contributed by atoms with Gasteiger partial charge in [-0.2, -0.15) is 0 Å². The highest BCUT2D eigenvalue weighted by molar-refractivity contribution is 5.89. The molecule has 4 rings (SSSR count). The van der Waals surface area contributed by atoms with Crippen LogP contribution in [0.1, 0.15) is 22.6 Å². The molecule has 0 aromatic heterocycles. The molecule has 0 bridgehead atoms. The number of fused-ring (bicyclic) bond motifs is 3. The lowest BCUT2D eigenvalue weighted by molar-refractivity contribution is -0.142. The van der Waals surface area contributed by atoms with Crippen LogP contribution in [0, 0.1) is 11.6 Å². The van der Waals surface area contributed by atoms with E-state index in [1.54, 1.807) is 0 Å². The number of carbonyl (C=O) groups is 2. The predicted octanol–water partition coefficient (Wildman–Crippen LogP) is 3.89. The lowest BCUT2D eigenvalue weighted by atomic mass is 9.89. The van der Waals surface area contributed by atoms with E-state index in [1.165, 1.54) is 6.07 Å². The van der Waals surface area contributed by atoms with Crippen LogP contribution in [0.15, 0.2) is 66.7 Å². The van der Waals surface area contributed by atoms with E-state index in [1.807, 2.05) is 48.5 Å². The van der Waals surface area contributed by atoms with E-state index in [0.29, 0.717) is 0 Å². The smallest absolute Gasteiger partial charge is 0.327 e. The lowest BCUT2D eigenvalue weighted by Gasteiger charge is -2.23. The van der Waals surface area contributed by atoms with E-state index in [4.69, 9.17) is 0 Å². The summed E-state index contributed by atoms with van der Waals surface area (Å²) in [6, 6.07) is 16.9. The zero-order valence-electron chi connectivity index (χ0n) is 15.2. The van der Waals surface area contributed by atoms with Gasteiger partial charge in [-0.25, -0.2) is 13.6 Å². The minimum absolute atomic E-state index is 0.388. The molecule has 0 spiro atoms. The van der Waals surface area contributed by atoms with Gasteiger partial charge in [0.15, 0.2) is 0 Å². The van der Waals surface area contributed by atoms with E-state index >= 15 is 0 Å². The zero-order valence-corrected chi connectivity index (χ0v) is 15.2. The molecule has 0 saturated carbocycles. The van der Waals surface area contributed by atoms with Crippen molar-refractivity contribution in [2.75, 3.05) is 0 Å². The highest BCUT2D eigenvalue weighted by Gasteiger charge is 2.38. The standard InChI is InChI=1S/C23H17F2NO3/c24-18-10-5-11-19(25)17(18)12-20(27)26-22(23(28)29)21-15-8-3-1-6-13(15)14-7-2-4-9-16(14)21/h1-11,21-22H,12H2,(H,26,27)(H,28,29)/t22-/m0/s1. The first kappa shape index (κ1) is 18.8. The second-order valence-electron chi connectivity index (χ2n) is 6.91. The average Bonchev–Trinajstić information content (AvgIpc) is 3.03. The van der Waals surface area contributed by atoms with Crippen LogP contribution >= 0.6 is 0 Å². The first-order chi connectivity index (χ1) is 14.0. The number of nitrogens with one attached hydrogen (secondary N) is 1. The van der Waals surface area contributed by atoms with E-state index < -0.39 is 41.9 Å². The Bertz CT molecular complexity index is 1050. The summed E-state index contributed by atoms with van der Waals surface area (Å²) in [5.74, 6) is -4.27. The fourth-order valence-corrected chi connectivity index (χ4v) is 3.93. The van der Waals surface area contributed by atoms with E-state index in [2.05, 4.69) is 5.32 Å². The third-order valence-electron chi connectivity index (χ3n) is 5.20. The Balaban J connectivity index is 1.67. The van der Waals surface area contributed by atoms with Gasteiger partial charge in [0.25, 0.3) is 0 Å². The normalized spacial score (nSPS) is 13.4. The Kier molecular flexibility index (Phi) is 4.84. The molecule has 4 nitrogen and oxygen atoms in total. The van der Waals surface area contributed by atoms with Crippen molar-refractivity contribution < 1.29 is 23.5 Å². The third kappa shape index (κ3) is 3.38. The number of hydrogen-bond donors (Lipinski definition) is 2. The second kappa shape index (κ2) is 7.47. The van der Waals surface area contributed by atoms with Crippen molar-refractivity contribution in [1.29, 1.82) is 0 Å². The Morgan fingerprint density at radius 1 is 0.862 bits per heavy atom. The van der Waals surface area contributed by atoms with E-state index in [-0.39, 0.29) is 5.56 Å². The topological polar surface area (TPSA) is 66.4 Å². The molecule has 0 aliphatic heterocycles. The first-order valence-corrected chi connectivity index (χ1v) is 9.10. The third-order valence-corrected chi connectivity index (χ3v) is 5.20. The molecule has 0 radical (unpaired) electrons. The largest absolute Gasteiger partial charge is 0.480 e. The van der Waals surface area contributed by atoms with Crippen LogP contribution in [-0.2, 0) is 16.0 Å². The summed E-state index contributed by atoms with van der Waals surface area (Å²) >= 11 is 0. The SMILES string of the molecule is O=C(Cc1c(F)cccc1F)N[C@H](C(=O)O)C1c2ccccc2-c2ccccc21. The van der Waals surface area contributed by atoms with Gasteiger partial charge in [0.05, 0.1) is 6.42 Å². The van der Waals surface area contributed by atoms with Crippen molar-refractivity contribution in [3.05, 3.63) is 95.1 Å². The minimum Gasteiger partial charge on any atom is -0.480 e. The molecule has 1 aliphatic rings. The number of carbonyl (C=O) groups excluding carboxylic acids is 1. The van der Waals surface area contributed by atoms with Gasteiger partial charge in [-0.3, -0.25) is 4.79 Å². The van der Waals surface area contributed by atoms with Crippen molar-refractivity contribution in [2.45, 2.75) is 18.4 Å². The summed E-state index contributed by atoms with van der Waals surface area (Å²) in [5.41, 5.74) is 3.01. The van der Waals surface area contributed by atoms with Crippen molar-refractivity contribution in [3.8, 4) is 11.1 Å². The monoisotopic (exact) mass is 393 g/mol. The molecule has 1 aliphatic carbocycles. The van der Waals surface area contributed by atoms with Crippen LogP contribution in [0.5, 0.6) is 0 Å². The average molecular weight is 393 g/mol. The molecular weight excluding hydrogens is 376 g/mol. The predicted molar refractivity (Wildman–Crippen MR) is 103 cm³/mol. The molecule has 0 heterocycles. The van der Waals surface area contributed by atoms with Crippen LogP contribution < -0.4 is 5.32 Å². The van der Waals surface area contributed by atoms with Crippen LogP contribution in [0.25, 0.3) is 11.1 Å². The lowest BCUT2D eigenvalue weighted by Crippen LogP contribution is -2.45. The number of carboxylic acids is 1. The number of aliphatic carboxylic acids is 1. The van der Waals surface area contributed by atoms with Gasteiger partial charge < -0.3 is 10.4 Å². The minimum atomic E-state index is -1.28. The molecule has 0 unspecified atom stereocenters. The highest BCUT2D eigenvalue weighted by Crippen LogP contribution is 2.46. The van der Waals surface area contributed by atoms with Gasteiger partial charge in [0, 0.05) is 11.5 Å². The second-order valence-corrected chi connectivity index (χ2v) is 6.91. The van der Waals surface area contributed by atoms with Crippen molar-refractivity contribution >= 4 is 11.9 Å². The van der Waals surface area contributed by atoms with Crippen molar-refractivity contribution in [1.82, 2.24) is 5.32 Å². The highest BCUT2D eigenvalue weighted by atomic mass is 19.1. The molecule has 3 aromatic rings. The Hall–Kier alpha value is -3.54. The van der Waals surface area contributed by atoms with Gasteiger partial charge in [0.1, 0.15) is 17.7 Å². The Morgan fingerprint density at radius 2 is 1.38 bits per heavy atom. The summed E-state index contributed by atoms with van der Waals surface area (Å²) < 4.78 is 27.7. The van der Waals surface area contributed by atoms with E-state index in [0.717, 1.165) is 34.4 Å². The van der Waals surface area contributed by atoms with E-state index in [9.17, 15) is 23.5 Å². The molecule has 3 aromatic carbocycles. The Morgan fingerprint density at radius 3 is 1.90 bits per heavy atom. The number of halogens is 2. The summed E-state index contributed by atoms with van der Waals surface area (Å²) in [5, 5.41) is 12.3. The van der Waals surface area contributed by atoms with Gasteiger partial charge in [0.2, 0.25) is 5.91 Å².